The number of nitrogens with zero attached hydrogens (tertiary/aromatic N) is 1. The Hall–Kier alpha value is -2.41. The molecule has 0 heterocycles. The molecular weight excluding hydrogens is 314 g/mol. The summed E-state index contributed by atoms with van der Waals surface area (Å²) in [5.74, 6) is -1.44. The molecule has 0 bridgehead atoms. The van der Waals surface area contributed by atoms with E-state index >= 15 is 0 Å². The smallest absolute Gasteiger partial charge is 0.274 e. The molecule has 0 aliphatic carbocycles. The van der Waals surface area contributed by atoms with Gasteiger partial charge in [0.1, 0.15) is 5.82 Å². The summed E-state index contributed by atoms with van der Waals surface area (Å²) < 4.78 is 51.6. The van der Waals surface area contributed by atoms with E-state index in [1.54, 1.807) is 0 Å². The molecule has 0 N–H and O–H groups in total. The zero-order chi connectivity index (χ0) is 17.2. The standard InChI is InChI=1S/C16H13F4NO2/c1-21(23-2)15(22)13-8-5-11(9-14(13)17)10-3-6-12(7-4-10)16(18,19)20/h3-9H,1-2H3. The number of carbonyl (C=O) groups is 1. The fourth-order valence-corrected chi connectivity index (χ4v) is 1.97. The Balaban J connectivity index is 2.32. The summed E-state index contributed by atoms with van der Waals surface area (Å²) in [7, 11) is 2.61. The molecule has 2 rings (SSSR count). The number of benzene rings is 2. The molecule has 0 spiro atoms. The van der Waals surface area contributed by atoms with Gasteiger partial charge >= 0.3 is 6.18 Å². The van der Waals surface area contributed by atoms with E-state index in [-0.39, 0.29) is 5.56 Å². The lowest BCUT2D eigenvalue weighted by atomic mass is 10.0. The van der Waals surface area contributed by atoms with Crippen LogP contribution in [0.3, 0.4) is 0 Å². The Bertz CT molecular complexity index is 711. The normalized spacial score (nSPS) is 11.4. The van der Waals surface area contributed by atoms with E-state index in [0.717, 1.165) is 23.3 Å². The van der Waals surface area contributed by atoms with Crippen molar-refractivity contribution in [1.82, 2.24) is 5.06 Å². The number of hydrogen-bond donors (Lipinski definition) is 0. The van der Waals surface area contributed by atoms with Crippen LogP contribution in [0.5, 0.6) is 0 Å². The number of carbonyl (C=O) groups excluding carboxylic acids is 1. The molecule has 23 heavy (non-hydrogen) atoms. The summed E-state index contributed by atoms with van der Waals surface area (Å²) in [5.41, 5.74) is -0.191. The number of hydroxylamine groups is 2. The quantitative estimate of drug-likeness (QED) is 0.626. The first-order valence-electron chi connectivity index (χ1n) is 6.53. The lowest BCUT2D eigenvalue weighted by Gasteiger charge is -2.14. The van der Waals surface area contributed by atoms with E-state index in [4.69, 9.17) is 4.84 Å². The minimum Gasteiger partial charge on any atom is -0.274 e. The molecule has 0 radical (unpaired) electrons. The maximum Gasteiger partial charge on any atom is 0.416 e. The van der Waals surface area contributed by atoms with E-state index in [2.05, 4.69) is 0 Å². The van der Waals surface area contributed by atoms with E-state index in [9.17, 15) is 22.4 Å². The van der Waals surface area contributed by atoms with Gasteiger partial charge in [0.25, 0.3) is 5.91 Å². The molecule has 1 amide bonds. The van der Waals surface area contributed by atoms with Gasteiger partial charge in [0.2, 0.25) is 0 Å². The van der Waals surface area contributed by atoms with Crippen LogP contribution in [0.15, 0.2) is 42.5 Å². The Labute approximate surface area is 130 Å². The molecule has 2 aromatic rings. The van der Waals surface area contributed by atoms with Crippen LogP contribution in [0, 0.1) is 5.82 Å². The predicted octanol–water partition coefficient (Wildman–Crippen LogP) is 4.14. The van der Waals surface area contributed by atoms with Crippen LogP contribution in [0.4, 0.5) is 17.6 Å². The lowest BCUT2D eigenvalue weighted by Crippen LogP contribution is -2.26. The zero-order valence-electron chi connectivity index (χ0n) is 12.3. The van der Waals surface area contributed by atoms with Gasteiger partial charge < -0.3 is 0 Å². The van der Waals surface area contributed by atoms with Crippen LogP contribution in [0.1, 0.15) is 15.9 Å². The maximum atomic E-state index is 14.1. The van der Waals surface area contributed by atoms with Gasteiger partial charge in [-0.05, 0) is 35.4 Å². The molecule has 122 valence electrons. The van der Waals surface area contributed by atoms with Gasteiger partial charge in [-0.25, -0.2) is 9.45 Å². The van der Waals surface area contributed by atoms with Gasteiger partial charge in [0.15, 0.2) is 0 Å². The van der Waals surface area contributed by atoms with Gasteiger partial charge in [0, 0.05) is 7.05 Å². The minimum atomic E-state index is -4.43. The van der Waals surface area contributed by atoms with Crippen LogP contribution in [0.25, 0.3) is 11.1 Å². The van der Waals surface area contributed by atoms with Crippen molar-refractivity contribution in [2.75, 3.05) is 14.2 Å². The monoisotopic (exact) mass is 327 g/mol. The lowest BCUT2D eigenvalue weighted by molar-refractivity contribution is -0.137. The highest BCUT2D eigenvalue weighted by molar-refractivity contribution is 5.94. The topological polar surface area (TPSA) is 29.5 Å². The minimum absolute atomic E-state index is 0.190. The molecule has 0 aromatic heterocycles. The summed E-state index contributed by atoms with van der Waals surface area (Å²) in [6.07, 6.45) is -4.43. The average molecular weight is 327 g/mol. The number of halogens is 4. The van der Waals surface area contributed by atoms with Crippen molar-refractivity contribution in [2.24, 2.45) is 0 Å². The Morgan fingerprint density at radius 2 is 1.61 bits per heavy atom. The van der Waals surface area contributed by atoms with Gasteiger partial charge in [-0.2, -0.15) is 13.2 Å². The van der Waals surface area contributed by atoms with Crippen molar-refractivity contribution in [3.05, 3.63) is 59.4 Å². The van der Waals surface area contributed by atoms with Crippen molar-refractivity contribution in [1.29, 1.82) is 0 Å². The van der Waals surface area contributed by atoms with E-state index in [1.807, 2.05) is 0 Å². The molecule has 0 aliphatic heterocycles. The molecule has 0 saturated carbocycles. The summed E-state index contributed by atoms with van der Waals surface area (Å²) in [5, 5.41) is 0.871. The highest BCUT2D eigenvalue weighted by atomic mass is 19.4. The van der Waals surface area contributed by atoms with Crippen LogP contribution >= 0.6 is 0 Å². The first kappa shape index (κ1) is 17.0. The molecule has 7 heteroatoms. The van der Waals surface area contributed by atoms with Crippen molar-refractivity contribution < 1.29 is 27.2 Å². The van der Waals surface area contributed by atoms with E-state index < -0.39 is 23.5 Å². The van der Waals surface area contributed by atoms with Gasteiger partial charge in [-0.1, -0.05) is 18.2 Å². The summed E-state index contributed by atoms with van der Waals surface area (Å²) >= 11 is 0. The highest BCUT2D eigenvalue weighted by Gasteiger charge is 2.30. The van der Waals surface area contributed by atoms with Gasteiger partial charge in [-0.15, -0.1) is 0 Å². The Kier molecular flexibility index (Phi) is 4.70. The third-order valence-electron chi connectivity index (χ3n) is 3.30. The Morgan fingerprint density at radius 1 is 1.04 bits per heavy atom. The average Bonchev–Trinajstić information content (AvgIpc) is 2.52. The van der Waals surface area contributed by atoms with Crippen LogP contribution in [-0.4, -0.2) is 25.1 Å². The number of rotatable bonds is 3. The second-order valence-electron chi connectivity index (χ2n) is 4.75. The number of alkyl halides is 3. The first-order chi connectivity index (χ1) is 10.7. The molecule has 0 unspecified atom stereocenters. The fraction of sp³-hybridized carbons (Fsp3) is 0.188. The van der Waals surface area contributed by atoms with E-state index in [0.29, 0.717) is 11.1 Å². The second kappa shape index (κ2) is 6.37. The molecular formula is C16H13F4NO2. The van der Waals surface area contributed by atoms with Crippen molar-refractivity contribution >= 4 is 5.91 Å². The number of hydrogen-bond acceptors (Lipinski definition) is 2. The summed E-state index contributed by atoms with van der Waals surface area (Å²) in [6, 6.07) is 8.17. The van der Waals surface area contributed by atoms with Crippen molar-refractivity contribution in [3.8, 4) is 11.1 Å². The zero-order valence-corrected chi connectivity index (χ0v) is 12.3. The third kappa shape index (κ3) is 3.68. The molecule has 3 nitrogen and oxygen atoms in total. The highest BCUT2D eigenvalue weighted by Crippen LogP contribution is 2.31. The molecule has 2 aromatic carbocycles. The van der Waals surface area contributed by atoms with Crippen LogP contribution < -0.4 is 0 Å². The molecule has 0 fully saturated rings. The molecule has 0 atom stereocenters. The molecule has 0 saturated heterocycles. The third-order valence-corrected chi connectivity index (χ3v) is 3.30. The van der Waals surface area contributed by atoms with Gasteiger partial charge in [0.05, 0.1) is 18.2 Å². The van der Waals surface area contributed by atoms with Crippen LogP contribution in [0.2, 0.25) is 0 Å². The second-order valence-corrected chi connectivity index (χ2v) is 4.75. The maximum absolute atomic E-state index is 14.1. The number of amides is 1. The predicted molar refractivity (Wildman–Crippen MR) is 75.9 cm³/mol. The summed E-state index contributed by atoms with van der Waals surface area (Å²) in [6.45, 7) is 0. The largest absolute Gasteiger partial charge is 0.416 e. The SMILES string of the molecule is CON(C)C(=O)c1ccc(-c2ccc(C(F)(F)F)cc2)cc1F. The van der Waals surface area contributed by atoms with Crippen molar-refractivity contribution in [2.45, 2.75) is 6.18 Å². The molecule has 0 aliphatic rings. The first-order valence-corrected chi connectivity index (χ1v) is 6.53. The fourth-order valence-electron chi connectivity index (χ4n) is 1.97. The summed E-state index contributed by atoms with van der Waals surface area (Å²) in [4.78, 5) is 16.5. The van der Waals surface area contributed by atoms with E-state index in [1.165, 1.54) is 38.4 Å². The van der Waals surface area contributed by atoms with Gasteiger partial charge in [-0.3, -0.25) is 9.63 Å². The van der Waals surface area contributed by atoms with Crippen LogP contribution in [-0.2, 0) is 11.0 Å². The van der Waals surface area contributed by atoms with Crippen molar-refractivity contribution in [3.63, 3.8) is 0 Å². The Morgan fingerprint density at radius 3 is 2.09 bits per heavy atom.